The standard InChI is InChI=1S/C11H24N2O2S/c1-14-6-4-13(5-7-15-2)9-11-10-16-8-3-12-11/h11-12H,3-10H2,1-2H3. The van der Waals surface area contributed by atoms with Crippen molar-refractivity contribution >= 4 is 11.8 Å². The lowest BCUT2D eigenvalue weighted by atomic mass is 10.3. The van der Waals surface area contributed by atoms with E-state index in [1.54, 1.807) is 14.2 Å². The predicted octanol–water partition coefficient (Wildman–Crippen LogP) is 0.286. The van der Waals surface area contributed by atoms with Crippen LogP contribution < -0.4 is 5.32 Å². The van der Waals surface area contributed by atoms with E-state index in [-0.39, 0.29) is 0 Å². The molecule has 0 aromatic heterocycles. The molecule has 4 nitrogen and oxygen atoms in total. The zero-order valence-electron chi connectivity index (χ0n) is 10.4. The van der Waals surface area contributed by atoms with Crippen molar-refractivity contribution in [3.63, 3.8) is 0 Å². The highest BCUT2D eigenvalue weighted by Gasteiger charge is 2.16. The third-order valence-electron chi connectivity index (χ3n) is 2.70. The van der Waals surface area contributed by atoms with E-state index >= 15 is 0 Å². The molecular weight excluding hydrogens is 224 g/mol. The molecule has 1 unspecified atom stereocenters. The van der Waals surface area contributed by atoms with E-state index in [0.717, 1.165) is 39.4 Å². The van der Waals surface area contributed by atoms with Crippen molar-refractivity contribution in [2.24, 2.45) is 0 Å². The van der Waals surface area contributed by atoms with Crippen molar-refractivity contribution < 1.29 is 9.47 Å². The lowest BCUT2D eigenvalue weighted by Gasteiger charge is -2.30. The van der Waals surface area contributed by atoms with Gasteiger partial charge < -0.3 is 14.8 Å². The molecule has 1 aliphatic heterocycles. The van der Waals surface area contributed by atoms with Crippen LogP contribution in [0.25, 0.3) is 0 Å². The monoisotopic (exact) mass is 248 g/mol. The Morgan fingerprint density at radius 3 is 2.44 bits per heavy atom. The van der Waals surface area contributed by atoms with Gasteiger partial charge in [-0.25, -0.2) is 0 Å². The zero-order chi connectivity index (χ0) is 11.6. The molecule has 1 N–H and O–H groups in total. The van der Waals surface area contributed by atoms with Crippen molar-refractivity contribution in [1.82, 2.24) is 10.2 Å². The number of thioether (sulfide) groups is 1. The summed E-state index contributed by atoms with van der Waals surface area (Å²) < 4.78 is 10.3. The number of rotatable bonds is 8. The Morgan fingerprint density at radius 1 is 1.25 bits per heavy atom. The summed E-state index contributed by atoms with van der Waals surface area (Å²) in [4.78, 5) is 2.41. The Bertz CT molecular complexity index is 158. The minimum Gasteiger partial charge on any atom is -0.383 e. The maximum absolute atomic E-state index is 5.13. The number of ether oxygens (including phenoxy) is 2. The summed E-state index contributed by atoms with van der Waals surface area (Å²) in [6.07, 6.45) is 0. The summed E-state index contributed by atoms with van der Waals surface area (Å²) in [7, 11) is 3.51. The fraction of sp³-hybridized carbons (Fsp3) is 1.00. The molecule has 0 aliphatic carbocycles. The Kier molecular flexibility index (Phi) is 8.23. The average Bonchev–Trinajstić information content (AvgIpc) is 2.34. The topological polar surface area (TPSA) is 33.7 Å². The first-order valence-corrected chi connectivity index (χ1v) is 7.03. The van der Waals surface area contributed by atoms with Crippen LogP contribution in [0.2, 0.25) is 0 Å². The highest BCUT2D eigenvalue weighted by Crippen LogP contribution is 2.08. The Hall–Kier alpha value is 0.190. The smallest absolute Gasteiger partial charge is 0.0589 e. The third kappa shape index (κ3) is 6.06. The van der Waals surface area contributed by atoms with Crippen LogP contribution in [0.5, 0.6) is 0 Å². The van der Waals surface area contributed by atoms with E-state index in [4.69, 9.17) is 9.47 Å². The van der Waals surface area contributed by atoms with Gasteiger partial charge in [-0.05, 0) is 0 Å². The van der Waals surface area contributed by atoms with Gasteiger partial charge in [0, 0.05) is 57.9 Å². The van der Waals surface area contributed by atoms with Gasteiger partial charge in [0.05, 0.1) is 13.2 Å². The van der Waals surface area contributed by atoms with Crippen LogP contribution in [0.1, 0.15) is 0 Å². The molecule has 16 heavy (non-hydrogen) atoms. The maximum atomic E-state index is 5.13. The van der Waals surface area contributed by atoms with Gasteiger partial charge in [0.1, 0.15) is 0 Å². The van der Waals surface area contributed by atoms with Gasteiger partial charge in [-0.15, -0.1) is 0 Å². The summed E-state index contributed by atoms with van der Waals surface area (Å²) in [6, 6.07) is 0.618. The van der Waals surface area contributed by atoms with Crippen LogP contribution >= 0.6 is 11.8 Å². The molecule has 1 aliphatic rings. The first-order valence-electron chi connectivity index (χ1n) is 5.88. The molecule has 0 aromatic rings. The fourth-order valence-electron chi connectivity index (χ4n) is 1.78. The van der Waals surface area contributed by atoms with Crippen molar-refractivity contribution in [3.8, 4) is 0 Å². The van der Waals surface area contributed by atoms with Crippen molar-refractivity contribution in [1.29, 1.82) is 0 Å². The molecule has 1 saturated heterocycles. The molecule has 1 rings (SSSR count). The Balaban J connectivity index is 2.23. The molecule has 0 bridgehead atoms. The normalized spacial score (nSPS) is 21.6. The van der Waals surface area contributed by atoms with Gasteiger partial charge in [-0.1, -0.05) is 0 Å². The largest absolute Gasteiger partial charge is 0.383 e. The van der Waals surface area contributed by atoms with E-state index in [9.17, 15) is 0 Å². The number of methoxy groups -OCH3 is 2. The summed E-state index contributed by atoms with van der Waals surface area (Å²) >= 11 is 2.04. The zero-order valence-corrected chi connectivity index (χ0v) is 11.2. The first-order chi connectivity index (χ1) is 7.86. The lowest BCUT2D eigenvalue weighted by Crippen LogP contribution is -2.47. The number of nitrogens with one attached hydrogen (secondary N) is 1. The van der Waals surface area contributed by atoms with Gasteiger partial charge in [-0.3, -0.25) is 4.90 Å². The minimum atomic E-state index is 0.618. The van der Waals surface area contributed by atoms with Crippen LogP contribution in [-0.2, 0) is 9.47 Å². The number of nitrogens with zero attached hydrogens (tertiary/aromatic N) is 1. The second kappa shape index (κ2) is 9.24. The van der Waals surface area contributed by atoms with E-state index in [1.165, 1.54) is 11.5 Å². The Morgan fingerprint density at radius 2 is 1.94 bits per heavy atom. The predicted molar refractivity (Wildman–Crippen MR) is 69.3 cm³/mol. The van der Waals surface area contributed by atoms with Gasteiger partial charge >= 0.3 is 0 Å². The molecule has 0 saturated carbocycles. The van der Waals surface area contributed by atoms with Crippen LogP contribution in [0.4, 0.5) is 0 Å². The molecule has 96 valence electrons. The first kappa shape index (κ1) is 14.3. The quantitative estimate of drug-likeness (QED) is 0.667. The minimum absolute atomic E-state index is 0.618. The van der Waals surface area contributed by atoms with Crippen LogP contribution in [0.15, 0.2) is 0 Å². The van der Waals surface area contributed by atoms with E-state index in [1.807, 2.05) is 11.8 Å². The SMILES string of the molecule is COCCN(CCOC)CC1CSCCN1. The van der Waals surface area contributed by atoms with Gasteiger partial charge in [0.15, 0.2) is 0 Å². The van der Waals surface area contributed by atoms with Gasteiger partial charge in [0.2, 0.25) is 0 Å². The molecule has 0 amide bonds. The van der Waals surface area contributed by atoms with Crippen LogP contribution in [0, 0.1) is 0 Å². The van der Waals surface area contributed by atoms with E-state index in [0.29, 0.717) is 6.04 Å². The molecule has 0 aromatic carbocycles. The summed E-state index contributed by atoms with van der Waals surface area (Å²) in [6.45, 7) is 5.80. The van der Waals surface area contributed by atoms with E-state index < -0.39 is 0 Å². The highest BCUT2D eigenvalue weighted by molar-refractivity contribution is 7.99. The molecular formula is C11H24N2O2S. The van der Waals surface area contributed by atoms with Crippen LogP contribution in [-0.4, -0.2) is 76.1 Å². The highest BCUT2D eigenvalue weighted by atomic mass is 32.2. The maximum Gasteiger partial charge on any atom is 0.0589 e. The summed E-state index contributed by atoms with van der Waals surface area (Å²) in [5.41, 5.74) is 0. The second-order valence-corrected chi connectivity index (χ2v) is 5.16. The van der Waals surface area contributed by atoms with Gasteiger partial charge in [0.25, 0.3) is 0 Å². The van der Waals surface area contributed by atoms with Crippen LogP contribution in [0.3, 0.4) is 0 Å². The average molecular weight is 248 g/mol. The molecule has 1 fully saturated rings. The summed E-state index contributed by atoms with van der Waals surface area (Å²) in [5, 5.41) is 3.56. The van der Waals surface area contributed by atoms with E-state index in [2.05, 4.69) is 10.2 Å². The van der Waals surface area contributed by atoms with Crippen molar-refractivity contribution in [3.05, 3.63) is 0 Å². The van der Waals surface area contributed by atoms with Crippen molar-refractivity contribution in [2.75, 3.05) is 65.1 Å². The third-order valence-corrected chi connectivity index (χ3v) is 3.83. The molecule has 1 atom stereocenters. The summed E-state index contributed by atoms with van der Waals surface area (Å²) in [5.74, 6) is 2.46. The molecule has 0 radical (unpaired) electrons. The molecule has 5 heteroatoms. The fourth-order valence-corrected chi connectivity index (χ4v) is 2.72. The second-order valence-electron chi connectivity index (χ2n) is 4.01. The number of hydrogen-bond donors (Lipinski definition) is 1. The lowest BCUT2D eigenvalue weighted by molar-refractivity contribution is 0.109. The number of hydrogen-bond acceptors (Lipinski definition) is 5. The molecule has 0 spiro atoms. The Labute approximate surface area is 103 Å². The molecule has 1 heterocycles. The van der Waals surface area contributed by atoms with Crippen molar-refractivity contribution in [2.45, 2.75) is 6.04 Å². The van der Waals surface area contributed by atoms with Gasteiger partial charge in [-0.2, -0.15) is 11.8 Å².